The van der Waals surface area contributed by atoms with E-state index in [1.54, 1.807) is 11.3 Å². The molecule has 3 aromatic rings. The maximum absolute atomic E-state index is 5.84. The van der Waals surface area contributed by atoms with Crippen molar-refractivity contribution in [2.24, 2.45) is 0 Å². The van der Waals surface area contributed by atoms with Gasteiger partial charge in [-0.1, -0.05) is 17.7 Å². The topological polar surface area (TPSA) is 56.2 Å². The molecule has 0 saturated heterocycles. The highest BCUT2D eigenvalue weighted by atomic mass is 32.1. The molecule has 0 aliphatic carbocycles. The molecule has 0 atom stereocenters. The smallest absolute Gasteiger partial charge is 0.227 e. The van der Waals surface area contributed by atoms with Crippen molar-refractivity contribution in [1.82, 2.24) is 14.6 Å². The second-order valence-corrected chi connectivity index (χ2v) is 4.95. The molecular formula is C12H12N4S. The Morgan fingerprint density at radius 2 is 2.06 bits per heavy atom. The average molecular weight is 244 g/mol. The second-order valence-electron chi connectivity index (χ2n) is 4.12. The van der Waals surface area contributed by atoms with Gasteiger partial charge in [0.2, 0.25) is 10.9 Å². The lowest BCUT2D eigenvalue weighted by Crippen LogP contribution is -1.96. The molecule has 0 fully saturated rings. The van der Waals surface area contributed by atoms with E-state index in [2.05, 4.69) is 47.6 Å². The molecule has 4 nitrogen and oxygen atoms in total. The molecule has 0 saturated carbocycles. The van der Waals surface area contributed by atoms with Gasteiger partial charge in [0.25, 0.3) is 0 Å². The number of nitrogen functional groups attached to an aromatic ring is 1. The summed E-state index contributed by atoms with van der Waals surface area (Å²) in [6, 6.07) is 6.39. The Labute approximate surface area is 103 Å². The minimum atomic E-state index is 0.442. The van der Waals surface area contributed by atoms with Crippen molar-refractivity contribution >= 4 is 22.2 Å². The van der Waals surface area contributed by atoms with Crippen LogP contribution in [0.1, 0.15) is 11.1 Å². The van der Waals surface area contributed by atoms with E-state index in [1.807, 2.05) is 4.40 Å². The van der Waals surface area contributed by atoms with Gasteiger partial charge in [-0.15, -0.1) is 21.5 Å². The maximum Gasteiger partial charge on any atom is 0.227 e. The van der Waals surface area contributed by atoms with Gasteiger partial charge < -0.3 is 5.73 Å². The van der Waals surface area contributed by atoms with Crippen LogP contribution in [0.3, 0.4) is 0 Å². The molecule has 3 rings (SSSR count). The van der Waals surface area contributed by atoms with Crippen molar-refractivity contribution in [3.63, 3.8) is 0 Å². The summed E-state index contributed by atoms with van der Waals surface area (Å²) in [5, 5.41) is 9.99. The third kappa shape index (κ3) is 1.51. The summed E-state index contributed by atoms with van der Waals surface area (Å²) in [4.78, 5) is 0.832. The summed E-state index contributed by atoms with van der Waals surface area (Å²) < 4.78 is 1.90. The molecular weight excluding hydrogens is 232 g/mol. The van der Waals surface area contributed by atoms with E-state index in [0.717, 1.165) is 10.7 Å². The standard InChI is InChI=1S/C12H12N4S/c1-7-3-4-8(2)9(5-7)10-6-17-12-15-14-11(13)16(10)12/h3-6H,1-2H3,(H2,13,14). The fraction of sp³-hybridized carbons (Fsp3) is 0.167. The van der Waals surface area contributed by atoms with Crippen LogP contribution in [0, 0.1) is 13.8 Å². The van der Waals surface area contributed by atoms with Crippen LogP contribution in [0.4, 0.5) is 5.95 Å². The van der Waals surface area contributed by atoms with Gasteiger partial charge >= 0.3 is 0 Å². The van der Waals surface area contributed by atoms with Crippen molar-refractivity contribution in [2.75, 3.05) is 5.73 Å². The molecule has 2 heterocycles. The molecule has 0 radical (unpaired) electrons. The first-order chi connectivity index (χ1) is 8.16. The normalized spacial score (nSPS) is 11.2. The number of nitrogens with zero attached hydrogens (tertiary/aromatic N) is 3. The SMILES string of the molecule is Cc1ccc(C)c(-c2csc3nnc(N)n23)c1. The predicted molar refractivity (Wildman–Crippen MR) is 70.2 cm³/mol. The molecule has 86 valence electrons. The molecule has 0 amide bonds. The Bertz CT molecular complexity index is 696. The number of hydrogen-bond donors (Lipinski definition) is 1. The van der Waals surface area contributed by atoms with E-state index in [4.69, 9.17) is 5.73 Å². The van der Waals surface area contributed by atoms with Crippen LogP contribution in [-0.4, -0.2) is 14.6 Å². The third-order valence-electron chi connectivity index (χ3n) is 2.84. The van der Waals surface area contributed by atoms with Crippen molar-refractivity contribution in [2.45, 2.75) is 13.8 Å². The first-order valence-corrected chi connectivity index (χ1v) is 6.20. The van der Waals surface area contributed by atoms with Crippen LogP contribution in [-0.2, 0) is 0 Å². The predicted octanol–water partition coefficient (Wildman–Crippen LogP) is 2.66. The maximum atomic E-state index is 5.84. The molecule has 0 unspecified atom stereocenters. The molecule has 1 aromatic carbocycles. The first kappa shape index (κ1) is 10.3. The minimum absolute atomic E-state index is 0.442. The lowest BCUT2D eigenvalue weighted by atomic mass is 10.0. The number of fused-ring (bicyclic) bond motifs is 1. The number of aryl methyl sites for hydroxylation is 2. The van der Waals surface area contributed by atoms with Crippen molar-refractivity contribution in [3.05, 3.63) is 34.7 Å². The average Bonchev–Trinajstić information content (AvgIpc) is 2.86. The van der Waals surface area contributed by atoms with Crippen LogP contribution < -0.4 is 5.73 Å². The number of nitrogens with two attached hydrogens (primary N) is 1. The summed E-state index contributed by atoms with van der Waals surface area (Å²) in [6.45, 7) is 4.18. The Kier molecular flexibility index (Phi) is 2.16. The van der Waals surface area contributed by atoms with E-state index in [9.17, 15) is 0 Å². The highest BCUT2D eigenvalue weighted by Gasteiger charge is 2.12. The number of anilines is 1. The van der Waals surface area contributed by atoms with Crippen LogP contribution >= 0.6 is 11.3 Å². The molecule has 0 aliphatic heterocycles. The molecule has 5 heteroatoms. The number of aromatic nitrogens is 3. The summed E-state index contributed by atoms with van der Waals surface area (Å²) in [5.41, 5.74) is 10.5. The molecule has 2 N–H and O–H groups in total. The fourth-order valence-electron chi connectivity index (χ4n) is 1.94. The zero-order chi connectivity index (χ0) is 12.0. The monoisotopic (exact) mass is 244 g/mol. The number of rotatable bonds is 1. The van der Waals surface area contributed by atoms with Gasteiger partial charge in [0.05, 0.1) is 5.69 Å². The fourth-order valence-corrected chi connectivity index (χ4v) is 2.78. The number of thiazole rings is 1. The van der Waals surface area contributed by atoms with E-state index < -0.39 is 0 Å². The highest BCUT2D eigenvalue weighted by molar-refractivity contribution is 7.15. The molecule has 0 bridgehead atoms. The van der Waals surface area contributed by atoms with Gasteiger partial charge in [-0.2, -0.15) is 0 Å². The first-order valence-electron chi connectivity index (χ1n) is 5.32. The summed E-state index contributed by atoms with van der Waals surface area (Å²) in [6.07, 6.45) is 0. The lowest BCUT2D eigenvalue weighted by Gasteiger charge is -2.06. The van der Waals surface area contributed by atoms with E-state index >= 15 is 0 Å². The quantitative estimate of drug-likeness (QED) is 0.716. The number of hydrogen-bond acceptors (Lipinski definition) is 4. The Morgan fingerprint density at radius 1 is 1.24 bits per heavy atom. The zero-order valence-electron chi connectivity index (χ0n) is 9.64. The van der Waals surface area contributed by atoms with E-state index in [1.165, 1.54) is 16.7 Å². The van der Waals surface area contributed by atoms with Crippen LogP contribution in [0.5, 0.6) is 0 Å². The largest absolute Gasteiger partial charge is 0.368 e. The minimum Gasteiger partial charge on any atom is -0.368 e. The van der Waals surface area contributed by atoms with Crippen LogP contribution in [0.2, 0.25) is 0 Å². The second kappa shape index (κ2) is 3.56. The molecule has 0 spiro atoms. The third-order valence-corrected chi connectivity index (χ3v) is 3.66. The number of benzene rings is 1. The van der Waals surface area contributed by atoms with Crippen molar-refractivity contribution in [3.8, 4) is 11.3 Å². The summed E-state index contributed by atoms with van der Waals surface area (Å²) in [5.74, 6) is 0.442. The van der Waals surface area contributed by atoms with Gasteiger partial charge in [0, 0.05) is 10.9 Å². The Hall–Kier alpha value is -1.88. The van der Waals surface area contributed by atoms with Gasteiger partial charge in [-0.25, -0.2) is 0 Å². The van der Waals surface area contributed by atoms with Crippen LogP contribution in [0.15, 0.2) is 23.6 Å². The molecule has 17 heavy (non-hydrogen) atoms. The van der Waals surface area contributed by atoms with E-state index in [-0.39, 0.29) is 0 Å². The summed E-state index contributed by atoms with van der Waals surface area (Å²) in [7, 11) is 0. The van der Waals surface area contributed by atoms with Gasteiger partial charge in [0.1, 0.15) is 0 Å². The Balaban J connectivity index is 2.33. The Morgan fingerprint density at radius 3 is 2.88 bits per heavy atom. The molecule has 0 aliphatic rings. The molecule has 2 aromatic heterocycles. The van der Waals surface area contributed by atoms with Gasteiger partial charge in [0.15, 0.2) is 0 Å². The van der Waals surface area contributed by atoms with Crippen LogP contribution in [0.25, 0.3) is 16.2 Å². The van der Waals surface area contributed by atoms with Gasteiger partial charge in [-0.05, 0) is 25.5 Å². The van der Waals surface area contributed by atoms with Crippen molar-refractivity contribution < 1.29 is 0 Å². The van der Waals surface area contributed by atoms with E-state index in [0.29, 0.717) is 5.95 Å². The van der Waals surface area contributed by atoms with Gasteiger partial charge in [-0.3, -0.25) is 4.40 Å². The zero-order valence-corrected chi connectivity index (χ0v) is 10.5. The summed E-state index contributed by atoms with van der Waals surface area (Å²) >= 11 is 1.55. The lowest BCUT2D eigenvalue weighted by molar-refractivity contribution is 1.12. The highest BCUT2D eigenvalue weighted by Crippen LogP contribution is 2.30. The van der Waals surface area contributed by atoms with Crippen molar-refractivity contribution in [1.29, 1.82) is 0 Å².